The number of aryl methyl sites for hydroxylation is 1. The zero-order valence-corrected chi connectivity index (χ0v) is 10.7. The number of nitriles is 1. The van der Waals surface area contributed by atoms with E-state index < -0.39 is 0 Å². The smallest absolute Gasteiger partial charge is 0.190 e. The first-order chi connectivity index (χ1) is 8.70. The van der Waals surface area contributed by atoms with Gasteiger partial charge in [0.1, 0.15) is 17.5 Å². The van der Waals surface area contributed by atoms with Crippen LogP contribution in [0.25, 0.3) is 0 Å². The second-order valence-corrected chi connectivity index (χ2v) is 4.68. The SMILES string of the molecule is Cc1nc(SCc2ccccc2)nc(N)c1C#N. The first kappa shape index (κ1) is 12.4. The molecule has 0 fully saturated rings. The molecule has 0 aliphatic heterocycles. The third-order valence-electron chi connectivity index (χ3n) is 2.42. The predicted octanol–water partition coefficient (Wildman–Crippen LogP) is 2.53. The highest BCUT2D eigenvalue weighted by Crippen LogP contribution is 2.22. The Kier molecular flexibility index (Phi) is 3.80. The summed E-state index contributed by atoms with van der Waals surface area (Å²) in [7, 11) is 0. The van der Waals surface area contributed by atoms with E-state index in [4.69, 9.17) is 11.0 Å². The van der Waals surface area contributed by atoms with Crippen molar-refractivity contribution in [2.75, 3.05) is 5.73 Å². The number of benzene rings is 1. The van der Waals surface area contributed by atoms with Crippen molar-refractivity contribution < 1.29 is 0 Å². The summed E-state index contributed by atoms with van der Waals surface area (Å²) in [5.41, 5.74) is 7.90. The standard InChI is InChI=1S/C13H12N4S/c1-9-11(7-14)12(15)17-13(16-9)18-8-10-5-3-2-4-6-10/h2-6H,8H2,1H3,(H2,15,16,17). The summed E-state index contributed by atoms with van der Waals surface area (Å²) in [6.07, 6.45) is 0. The molecule has 1 heterocycles. The van der Waals surface area contributed by atoms with Gasteiger partial charge in [-0.25, -0.2) is 9.97 Å². The molecule has 0 saturated heterocycles. The minimum atomic E-state index is 0.251. The van der Waals surface area contributed by atoms with Crippen LogP contribution in [0.1, 0.15) is 16.8 Å². The van der Waals surface area contributed by atoms with E-state index in [9.17, 15) is 0 Å². The van der Waals surface area contributed by atoms with Crippen LogP contribution in [0, 0.1) is 18.3 Å². The van der Waals surface area contributed by atoms with E-state index >= 15 is 0 Å². The number of nitrogen functional groups attached to an aromatic ring is 1. The molecule has 0 radical (unpaired) electrons. The quantitative estimate of drug-likeness (QED) is 0.674. The van der Waals surface area contributed by atoms with Crippen molar-refractivity contribution in [3.63, 3.8) is 0 Å². The lowest BCUT2D eigenvalue weighted by atomic mass is 10.2. The van der Waals surface area contributed by atoms with Gasteiger partial charge in [-0.05, 0) is 12.5 Å². The summed E-state index contributed by atoms with van der Waals surface area (Å²) in [6.45, 7) is 1.77. The van der Waals surface area contributed by atoms with Crippen LogP contribution in [0.5, 0.6) is 0 Å². The molecular formula is C13H12N4S. The molecule has 5 heteroatoms. The van der Waals surface area contributed by atoms with Crippen LogP contribution >= 0.6 is 11.8 Å². The highest BCUT2D eigenvalue weighted by atomic mass is 32.2. The number of anilines is 1. The maximum atomic E-state index is 8.88. The zero-order valence-electron chi connectivity index (χ0n) is 9.92. The molecular weight excluding hydrogens is 244 g/mol. The van der Waals surface area contributed by atoms with Gasteiger partial charge in [0.2, 0.25) is 0 Å². The van der Waals surface area contributed by atoms with E-state index in [1.54, 1.807) is 6.92 Å². The Morgan fingerprint density at radius 1 is 1.28 bits per heavy atom. The van der Waals surface area contributed by atoms with Crippen molar-refractivity contribution in [1.29, 1.82) is 5.26 Å². The summed E-state index contributed by atoms with van der Waals surface area (Å²) in [4.78, 5) is 8.40. The predicted molar refractivity (Wildman–Crippen MR) is 71.9 cm³/mol. The van der Waals surface area contributed by atoms with Crippen LogP contribution in [0.4, 0.5) is 5.82 Å². The molecule has 0 atom stereocenters. The summed E-state index contributed by atoms with van der Waals surface area (Å²) in [5.74, 6) is 1.03. The fraction of sp³-hybridized carbons (Fsp3) is 0.154. The molecule has 2 rings (SSSR count). The maximum Gasteiger partial charge on any atom is 0.190 e. The average molecular weight is 256 g/mol. The molecule has 1 aromatic carbocycles. The van der Waals surface area contributed by atoms with Crippen molar-refractivity contribution in [1.82, 2.24) is 9.97 Å². The lowest BCUT2D eigenvalue weighted by Gasteiger charge is -2.05. The minimum Gasteiger partial charge on any atom is -0.382 e. The van der Waals surface area contributed by atoms with Gasteiger partial charge in [0.05, 0.1) is 5.69 Å². The summed E-state index contributed by atoms with van der Waals surface area (Å²) >= 11 is 1.51. The van der Waals surface area contributed by atoms with Crippen molar-refractivity contribution in [2.24, 2.45) is 0 Å². The Bertz CT molecular complexity index is 567. The summed E-state index contributed by atoms with van der Waals surface area (Å²) in [6, 6.07) is 12.1. The second-order valence-electron chi connectivity index (χ2n) is 3.74. The third kappa shape index (κ3) is 2.79. The van der Waals surface area contributed by atoms with E-state index in [1.165, 1.54) is 17.3 Å². The first-order valence-electron chi connectivity index (χ1n) is 5.41. The normalized spacial score (nSPS) is 10.0. The number of hydrogen-bond donors (Lipinski definition) is 1. The van der Waals surface area contributed by atoms with Crippen molar-refractivity contribution >= 4 is 17.6 Å². The van der Waals surface area contributed by atoms with Crippen molar-refractivity contribution in [3.05, 3.63) is 47.2 Å². The molecule has 0 amide bonds. The van der Waals surface area contributed by atoms with Crippen LogP contribution in [0.2, 0.25) is 0 Å². The molecule has 2 N–H and O–H groups in total. The van der Waals surface area contributed by atoms with Crippen LogP contribution in [-0.4, -0.2) is 9.97 Å². The number of rotatable bonds is 3. The van der Waals surface area contributed by atoms with E-state index in [0.717, 1.165) is 5.75 Å². The van der Waals surface area contributed by atoms with Gasteiger partial charge in [-0.15, -0.1) is 0 Å². The average Bonchev–Trinajstić information content (AvgIpc) is 2.37. The number of thioether (sulfide) groups is 1. The first-order valence-corrected chi connectivity index (χ1v) is 6.40. The maximum absolute atomic E-state index is 8.88. The number of hydrogen-bond acceptors (Lipinski definition) is 5. The molecule has 4 nitrogen and oxygen atoms in total. The van der Waals surface area contributed by atoms with Gasteiger partial charge in [-0.1, -0.05) is 42.1 Å². The second kappa shape index (κ2) is 5.52. The molecule has 90 valence electrons. The number of nitrogens with two attached hydrogens (primary N) is 1. The van der Waals surface area contributed by atoms with Gasteiger partial charge in [-0.3, -0.25) is 0 Å². The molecule has 0 bridgehead atoms. The van der Waals surface area contributed by atoms with Crippen LogP contribution in [0.15, 0.2) is 35.5 Å². The fourth-order valence-corrected chi connectivity index (χ4v) is 2.35. The molecule has 0 aliphatic carbocycles. The lowest BCUT2D eigenvalue weighted by molar-refractivity contribution is 0.932. The molecule has 2 aromatic rings. The van der Waals surface area contributed by atoms with Crippen molar-refractivity contribution in [2.45, 2.75) is 17.8 Å². The fourth-order valence-electron chi connectivity index (χ4n) is 1.49. The Balaban J connectivity index is 2.14. The van der Waals surface area contributed by atoms with Gasteiger partial charge < -0.3 is 5.73 Å². The number of nitrogens with zero attached hydrogens (tertiary/aromatic N) is 3. The van der Waals surface area contributed by atoms with E-state index in [-0.39, 0.29) is 5.82 Å². The van der Waals surface area contributed by atoms with Gasteiger partial charge in [0.15, 0.2) is 5.16 Å². The van der Waals surface area contributed by atoms with Gasteiger partial charge in [0, 0.05) is 5.75 Å². The highest BCUT2D eigenvalue weighted by molar-refractivity contribution is 7.98. The zero-order chi connectivity index (χ0) is 13.0. The topological polar surface area (TPSA) is 75.6 Å². The van der Waals surface area contributed by atoms with E-state index in [0.29, 0.717) is 16.4 Å². The molecule has 0 saturated carbocycles. The molecule has 1 aromatic heterocycles. The molecule has 0 spiro atoms. The summed E-state index contributed by atoms with van der Waals surface area (Å²) in [5, 5.41) is 9.49. The van der Waals surface area contributed by atoms with Crippen LogP contribution in [0.3, 0.4) is 0 Å². The van der Waals surface area contributed by atoms with E-state index in [2.05, 4.69) is 9.97 Å². The van der Waals surface area contributed by atoms with Gasteiger partial charge >= 0.3 is 0 Å². The van der Waals surface area contributed by atoms with E-state index in [1.807, 2.05) is 36.4 Å². The molecule has 0 unspecified atom stereocenters. The monoisotopic (exact) mass is 256 g/mol. The summed E-state index contributed by atoms with van der Waals surface area (Å²) < 4.78 is 0. The number of aromatic nitrogens is 2. The van der Waals surface area contributed by atoms with Crippen molar-refractivity contribution in [3.8, 4) is 6.07 Å². The Labute approximate surface area is 110 Å². The Hall–Kier alpha value is -2.06. The van der Waals surface area contributed by atoms with Crippen LogP contribution < -0.4 is 5.73 Å². The lowest BCUT2D eigenvalue weighted by Crippen LogP contribution is -2.02. The largest absolute Gasteiger partial charge is 0.382 e. The Morgan fingerprint density at radius 2 is 2.00 bits per heavy atom. The Morgan fingerprint density at radius 3 is 2.61 bits per heavy atom. The third-order valence-corrected chi connectivity index (χ3v) is 3.34. The van der Waals surface area contributed by atoms with Gasteiger partial charge in [0.25, 0.3) is 0 Å². The van der Waals surface area contributed by atoms with Crippen LogP contribution in [-0.2, 0) is 5.75 Å². The highest BCUT2D eigenvalue weighted by Gasteiger charge is 2.08. The molecule has 18 heavy (non-hydrogen) atoms. The molecule has 0 aliphatic rings. The van der Waals surface area contributed by atoms with Gasteiger partial charge in [-0.2, -0.15) is 5.26 Å². The minimum absolute atomic E-state index is 0.251.